The summed E-state index contributed by atoms with van der Waals surface area (Å²) in [6.07, 6.45) is 12.6. The molecule has 5 aromatic rings. The van der Waals surface area contributed by atoms with Crippen LogP contribution < -0.4 is 9.46 Å². The van der Waals surface area contributed by atoms with Crippen molar-refractivity contribution in [1.82, 2.24) is 24.1 Å². The molecule has 1 aliphatic carbocycles. The highest BCUT2D eigenvalue weighted by Crippen LogP contribution is 2.48. The van der Waals surface area contributed by atoms with Crippen LogP contribution in [0.15, 0.2) is 61.1 Å². The van der Waals surface area contributed by atoms with Crippen LogP contribution in [-0.4, -0.2) is 58.6 Å². The molecule has 11 nitrogen and oxygen atoms in total. The number of carbonyl (C=O) groups excluding carboxylic acids is 2. The Morgan fingerprint density at radius 2 is 1.81 bits per heavy atom. The summed E-state index contributed by atoms with van der Waals surface area (Å²) in [6, 6.07) is 13.4. The minimum atomic E-state index is -3.86. The molecule has 2 aromatic carbocycles. The van der Waals surface area contributed by atoms with Gasteiger partial charge in [0.15, 0.2) is 0 Å². The number of hydrogen-bond donors (Lipinski definition) is 1. The molecule has 2 aliphatic rings. The molecule has 270 valence electrons. The van der Waals surface area contributed by atoms with E-state index < -0.39 is 27.1 Å². The zero-order valence-electron chi connectivity index (χ0n) is 30.1. The van der Waals surface area contributed by atoms with Crippen LogP contribution >= 0.6 is 0 Å². The fourth-order valence-corrected chi connectivity index (χ4v) is 8.15. The summed E-state index contributed by atoms with van der Waals surface area (Å²) in [5.41, 5.74) is 8.49. The van der Waals surface area contributed by atoms with Crippen molar-refractivity contribution in [3.05, 3.63) is 94.6 Å². The lowest BCUT2D eigenvalue weighted by atomic mass is 9.81. The molecule has 4 heterocycles. The van der Waals surface area contributed by atoms with Crippen LogP contribution in [0.1, 0.15) is 102 Å². The molecule has 1 N–H and O–H groups in total. The number of benzene rings is 2. The van der Waals surface area contributed by atoms with Crippen LogP contribution in [0.3, 0.4) is 0 Å². The highest BCUT2D eigenvalue weighted by molar-refractivity contribution is 7.90. The van der Waals surface area contributed by atoms with E-state index in [1.165, 1.54) is 25.8 Å². The fraction of sp³-hybridized carbons (Fsp3) is 0.350. The van der Waals surface area contributed by atoms with Gasteiger partial charge in [0.05, 0.1) is 48.8 Å². The lowest BCUT2D eigenvalue weighted by molar-refractivity contribution is 0.0525. The van der Waals surface area contributed by atoms with Gasteiger partial charge in [0.1, 0.15) is 11.3 Å². The topological polar surface area (TPSA) is 134 Å². The summed E-state index contributed by atoms with van der Waals surface area (Å²) < 4.78 is 43.0. The number of nitrogens with zero attached hydrogens (tertiary/aromatic N) is 4. The maximum absolute atomic E-state index is 13.6. The van der Waals surface area contributed by atoms with Crippen molar-refractivity contribution in [2.24, 2.45) is 0 Å². The van der Waals surface area contributed by atoms with Crippen molar-refractivity contribution >= 4 is 44.5 Å². The van der Waals surface area contributed by atoms with Gasteiger partial charge in [0.25, 0.3) is 5.91 Å². The summed E-state index contributed by atoms with van der Waals surface area (Å²) >= 11 is 0. The van der Waals surface area contributed by atoms with Gasteiger partial charge in [-0.15, -0.1) is 0 Å². The number of ether oxygens (including phenoxy) is 2. The molecule has 1 fully saturated rings. The molecular formula is C40H43N5O6S. The second-order valence-corrected chi connectivity index (χ2v) is 16.0. The maximum atomic E-state index is 13.6. The van der Waals surface area contributed by atoms with E-state index in [1.807, 2.05) is 31.2 Å². The molecule has 12 heteroatoms. The van der Waals surface area contributed by atoms with E-state index in [1.54, 1.807) is 49.4 Å². The van der Waals surface area contributed by atoms with Crippen LogP contribution in [0.4, 0.5) is 0 Å². The SMILES string of the molecule is CCOC(=O)c1cnn(-c2ccncc2C)c1C1=Cc2cc(OC)ccc2-c2c(C3CCCCC3)c3ccc(C(=O)NS(=O)(=O)C(C)C)cc3n2C1. The first-order chi connectivity index (χ1) is 25.0. The normalized spacial score (nSPS) is 14.8. The standard InChI is InChI=1S/C40H43N5O6S/c1-6-51-40(47)33-22-42-45(34-16-17-41-21-25(34)4)37(33)29-18-28-19-30(50-5)13-15-31(28)38-36(26-10-8-7-9-11-26)32-14-12-27(20-35(32)44(38)23-29)39(46)43-52(48,49)24(2)3/h12-22,24,26H,6-11,23H2,1-5H3,(H,43,46). The zero-order valence-corrected chi connectivity index (χ0v) is 30.9. The average Bonchev–Trinajstić information content (AvgIpc) is 3.66. The van der Waals surface area contributed by atoms with Gasteiger partial charge < -0.3 is 14.0 Å². The largest absolute Gasteiger partial charge is 0.497 e. The predicted molar refractivity (Wildman–Crippen MR) is 201 cm³/mol. The summed E-state index contributed by atoms with van der Waals surface area (Å²) in [4.78, 5) is 31.4. The highest BCUT2D eigenvalue weighted by atomic mass is 32.2. The number of aromatic nitrogens is 4. The number of amides is 1. The Hall–Kier alpha value is -5.23. The molecule has 0 bridgehead atoms. The summed E-state index contributed by atoms with van der Waals surface area (Å²) in [6.45, 7) is 7.29. The molecule has 0 unspecified atom stereocenters. The maximum Gasteiger partial charge on any atom is 0.341 e. The third kappa shape index (κ3) is 6.29. The first-order valence-corrected chi connectivity index (χ1v) is 19.3. The molecule has 0 saturated heterocycles. The van der Waals surface area contributed by atoms with Crippen molar-refractivity contribution in [1.29, 1.82) is 0 Å². The molecule has 0 spiro atoms. The Bertz CT molecular complexity index is 2350. The molecule has 0 atom stereocenters. The third-order valence-electron chi connectivity index (χ3n) is 10.2. The fourth-order valence-electron chi connectivity index (χ4n) is 7.53. The zero-order chi connectivity index (χ0) is 36.7. The number of esters is 1. The molecule has 3 aromatic heterocycles. The minimum Gasteiger partial charge on any atom is -0.497 e. The van der Waals surface area contributed by atoms with Crippen molar-refractivity contribution in [2.75, 3.05) is 13.7 Å². The van der Waals surface area contributed by atoms with Crippen molar-refractivity contribution < 1.29 is 27.5 Å². The Morgan fingerprint density at radius 1 is 1.02 bits per heavy atom. The first kappa shape index (κ1) is 35.2. The number of fused-ring (bicyclic) bond motifs is 5. The Kier molecular flexibility index (Phi) is 9.51. The number of aryl methyl sites for hydroxylation is 1. The molecule has 1 aliphatic heterocycles. The van der Waals surface area contributed by atoms with E-state index in [0.717, 1.165) is 70.2 Å². The molecular weight excluding hydrogens is 679 g/mol. The second kappa shape index (κ2) is 14.1. The number of allylic oxidation sites excluding steroid dienone is 1. The molecule has 7 rings (SSSR count). The summed E-state index contributed by atoms with van der Waals surface area (Å²) in [7, 11) is -2.22. The number of nitrogens with one attached hydrogen (secondary N) is 1. The average molecular weight is 722 g/mol. The highest BCUT2D eigenvalue weighted by Gasteiger charge is 2.32. The Morgan fingerprint density at radius 3 is 2.52 bits per heavy atom. The van der Waals surface area contributed by atoms with Crippen LogP contribution in [0.2, 0.25) is 0 Å². The lowest BCUT2D eigenvalue weighted by Crippen LogP contribution is -2.35. The van der Waals surface area contributed by atoms with Crippen LogP contribution in [0.5, 0.6) is 5.75 Å². The van der Waals surface area contributed by atoms with Crippen LogP contribution in [-0.2, 0) is 21.3 Å². The van der Waals surface area contributed by atoms with E-state index >= 15 is 0 Å². The number of rotatable bonds is 9. The number of methoxy groups -OCH3 is 1. The van der Waals surface area contributed by atoms with Gasteiger partial charge in [-0.05, 0) is 111 Å². The van der Waals surface area contributed by atoms with Crippen molar-refractivity contribution in [3.63, 3.8) is 0 Å². The minimum absolute atomic E-state index is 0.200. The lowest BCUT2D eigenvalue weighted by Gasteiger charge is -2.24. The monoisotopic (exact) mass is 721 g/mol. The van der Waals surface area contributed by atoms with Gasteiger partial charge in [-0.25, -0.2) is 22.6 Å². The van der Waals surface area contributed by atoms with Gasteiger partial charge in [0, 0.05) is 34.4 Å². The summed E-state index contributed by atoms with van der Waals surface area (Å²) in [5.74, 6) is -0.203. The van der Waals surface area contributed by atoms with Gasteiger partial charge >= 0.3 is 5.97 Å². The molecule has 0 radical (unpaired) electrons. The van der Waals surface area contributed by atoms with Crippen LogP contribution in [0.25, 0.3) is 39.5 Å². The second-order valence-electron chi connectivity index (χ2n) is 13.8. The van der Waals surface area contributed by atoms with E-state index in [-0.39, 0.29) is 18.1 Å². The first-order valence-electron chi connectivity index (χ1n) is 17.8. The van der Waals surface area contributed by atoms with E-state index in [0.29, 0.717) is 23.6 Å². The number of carbonyl (C=O) groups is 2. The quantitative estimate of drug-likeness (QED) is 0.155. The van der Waals surface area contributed by atoms with Crippen LogP contribution in [0, 0.1) is 6.92 Å². The molecule has 1 saturated carbocycles. The van der Waals surface area contributed by atoms with E-state index in [9.17, 15) is 18.0 Å². The molecule has 52 heavy (non-hydrogen) atoms. The Labute approximate surface area is 303 Å². The number of sulfonamides is 1. The van der Waals surface area contributed by atoms with E-state index in [2.05, 4.69) is 26.4 Å². The number of hydrogen-bond acceptors (Lipinski definition) is 8. The summed E-state index contributed by atoms with van der Waals surface area (Å²) in [5, 5.41) is 4.97. The van der Waals surface area contributed by atoms with Gasteiger partial charge in [-0.1, -0.05) is 25.3 Å². The van der Waals surface area contributed by atoms with Gasteiger partial charge in [-0.2, -0.15) is 5.10 Å². The van der Waals surface area contributed by atoms with Gasteiger partial charge in [0.2, 0.25) is 10.0 Å². The van der Waals surface area contributed by atoms with Gasteiger partial charge in [-0.3, -0.25) is 9.78 Å². The predicted octanol–water partition coefficient (Wildman–Crippen LogP) is 7.45. The van der Waals surface area contributed by atoms with Crippen molar-refractivity contribution in [2.45, 2.75) is 77.5 Å². The van der Waals surface area contributed by atoms with Crippen molar-refractivity contribution in [3.8, 4) is 22.7 Å². The number of pyridine rings is 1. The molecule has 1 amide bonds. The smallest absolute Gasteiger partial charge is 0.341 e. The van der Waals surface area contributed by atoms with E-state index in [4.69, 9.17) is 14.6 Å². The Balaban J connectivity index is 1.52. The third-order valence-corrected chi connectivity index (χ3v) is 11.9.